The van der Waals surface area contributed by atoms with Crippen molar-refractivity contribution >= 4 is 11.8 Å². The van der Waals surface area contributed by atoms with E-state index in [4.69, 9.17) is 0 Å². The number of benzene rings is 1. The fraction of sp³-hybridized carbons (Fsp3) is 0.400. The predicted molar refractivity (Wildman–Crippen MR) is 79.3 cm³/mol. The van der Waals surface area contributed by atoms with E-state index in [-0.39, 0.29) is 0 Å². The molecule has 6 heteroatoms. The zero-order chi connectivity index (χ0) is 15.5. The van der Waals surface area contributed by atoms with Gasteiger partial charge in [0.1, 0.15) is 6.54 Å². The molecule has 2 rings (SSSR count). The Morgan fingerprint density at radius 1 is 1.19 bits per heavy atom. The zero-order valence-electron chi connectivity index (χ0n) is 11.9. The molecule has 0 aliphatic rings. The van der Waals surface area contributed by atoms with Crippen molar-refractivity contribution in [1.82, 2.24) is 9.55 Å². The van der Waals surface area contributed by atoms with Crippen molar-refractivity contribution in [3.8, 4) is 11.3 Å². The van der Waals surface area contributed by atoms with Gasteiger partial charge in [-0.3, -0.25) is 0 Å². The standard InChI is InChI=1S/C15H17F3N2S/c1-11(2)9-21-14-19-8-13(12-6-4-3-5-7-12)20(14)10-15(16,17)18/h3-8,11H,9-10H2,1-2H3. The number of hydrogen-bond donors (Lipinski definition) is 0. The van der Waals surface area contributed by atoms with Crippen LogP contribution in [0.15, 0.2) is 41.7 Å². The average molecular weight is 314 g/mol. The third-order valence-corrected chi connectivity index (χ3v) is 4.19. The quantitative estimate of drug-likeness (QED) is 0.733. The molecule has 0 aliphatic carbocycles. The summed E-state index contributed by atoms with van der Waals surface area (Å²) in [4.78, 5) is 4.17. The lowest BCUT2D eigenvalue weighted by atomic mass is 10.2. The SMILES string of the molecule is CC(C)CSc1ncc(-c2ccccc2)n1CC(F)(F)F. The summed E-state index contributed by atoms with van der Waals surface area (Å²) in [6.45, 7) is 3.04. The molecule has 0 N–H and O–H groups in total. The Balaban J connectivity index is 2.36. The number of nitrogens with zero attached hydrogens (tertiary/aromatic N) is 2. The van der Waals surface area contributed by atoms with E-state index in [2.05, 4.69) is 4.98 Å². The molecular formula is C15H17F3N2S. The van der Waals surface area contributed by atoms with E-state index >= 15 is 0 Å². The van der Waals surface area contributed by atoms with Gasteiger partial charge in [0.2, 0.25) is 0 Å². The van der Waals surface area contributed by atoms with Crippen LogP contribution in [0, 0.1) is 5.92 Å². The number of hydrogen-bond acceptors (Lipinski definition) is 2. The lowest BCUT2D eigenvalue weighted by Crippen LogP contribution is -2.19. The summed E-state index contributed by atoms with van der Waals surface area (Å²) in [5, 5.41) is 0.417. The number of thioether (sulfide) groups is 1. The fourth-order valence-electron chi connectivity index (χ4n) is 1.89. The van der Waals surface area contributed by atoms with Crippen molar-refractivity contribution in [2.75, 3.05) is 5.75 Å². The van der Waals surface area contributed by atoms with Crippen molar-refractivity contribution in [2.24, 2.45) is 5.92 Å². The largest absolute Gasteiger partial charge is 0.406 e. The number of aromatic nitrogens is 2. The maximum atomic E-state index is 12.8. The lowest BCUT2D eigenvalue weighted by Gasteiger charge is -2.14. The minimum atomic E-state index is -4.27. The molecule has 1 aromatic heterocycles. The van der Waals surface area contributed by atoms with Crippen molar-refractivity contribution in [3.05, 3.63) is 36.5 Å². The summed E-state index contributed by atoms with van der Waals surface area (Å²) >= 11 is 1.36. The van der Waals surface area contributed by atoms with Gasteiger partial charge in [0.05, 0.1) is 11.9 Å². The van der Waals surface area contributed by atoms with Gasteiger partial charge in [-0.2, -0.15) is 13.2 Å². The Hall–Kier alpha value is -1.43. The molecule has 0 unspecified atom stereocenters. The van der Waals surface area contributed by atoms with Crippen LogP contribution in [0.2, 0.25) is 0 Å². The second-order valence-corrected chi connectivity index (χ2v) is 6.19. The van der Waals surface area contributed by atoms with E-state index in [0.29, 0.717) is 16.8 Å². The maximum absolute atomic E-state index is 12.8. The van der Waals surface area contributed by atoms with Crippen LogP contribution < -0.4 is 0 Å². The molecule has 0 bridgehead atoms. The van der Waals surface area contributed by atoms with Crippen molar-refractivity contribution in [3.63, 3.8) is 0 Å². The molecule has 0 aliphatic heterocycles. The Labute approximate surface area is 126 Å². The number of alkyl halides is 3. The van der Waals surface area contributed by atoms with Gasteiger partial charge in [0.15, 0.2) is 5.16 Å². The van der Waals surface area contributed by atoms with Gasteiger partial charge in [0, 0.05) is 5.75 Å². The van der Waals surface area contributed by atoms with Gasteiger partial charge in [-0.25, -0.2) is 4.98 Å². The van der Waals surface area contributed by atoms with E-state index in [1.54, 1.807) is 24.3 Å². The van der Waals surface area contributed by atoms with Crippen LogP contribution in [0.3, 0.4) is 0 Å². The molecule has 21 heavy (non-hydrogen) atoms. The molecular weight excluding hydrogens is 297 g/mol. The summed E-state index contributed by atoms with van der Waals surface area (Å²) in [5.74, 6) is 1.13. The minimum absolute atomic E-state index is 0.395. The molecule has 0 amide bonds. The summed E-state index contributed by atoms with van der Waals surface area (Å²) < 4.78 is 39.8. The smallest absolute Gasteiger partial charge is 0.310 e. The third-order valence-electron chi connectivity index (χ3n) is 2.77. The van der Waals surface area contributed by atoms with E-state index in [9.17, 15) is 13.2 Å². The van der Waals surface area contributed by atoms with Crippen LogP contribution in [-0.4, -0.2) is 21.5 Å². The Morgan fingerprint density at radius 3 is 2.43 bits per heavy atom. The molecule has 2 nitrogen and oxygen atoms in total. The fourth-order valence-corrected chi connectivity index (χ4v) is 2.81. The number of imidazole rings is 1. The van der Waals surface area contributed by atoms with Crippen LogP contribution in [-0.2, 0) is 6.54 Å². The second-order valence-electron chi connectivity index (χ2n) is 5.20. The maximum Gasteiger partial charge on any atom is 0.406 e. The molecule has 0 spiro atoms. The summed E-state index contributed by atoms with van der Waals surface area (Å²) in [6.07, 6.45) is -2.75. The summed E-state index contributed by atoms with van der Waals surface area (Å²) in [5.41, 5.74) is 1.24. The number of rotatable bonds is 5. The van der Waals surface area contributed by atoms with Gasteiger partial charge >= 0.3 is 6.18 Å². The second kappa shape index (κ2) is 6.56. The molecule has 114 valence electrons. The first kappa shape index (κ1) is 15.9. The highest BCUT2D eigenvalue weighted by atomic mass is 32.2. The van der Waals surface area contributed by atoms with Crippen LogP contribution in [0.1, 0.15) is 13.8 Å². The van der Waals surface area contributed by atoms with E-state index in [1.165, 1.54) is 22.5 Å². The Morgan fingerprint density at radius 2 is 1.86 bits per heavy atom. The van der Waals surface area contributed by atoms with E-state index in [0.717, 1.165) is 11.3 Å². The Kier molecular flexibility index (Phi) is 4.98. The molecule has 0 atom stereocenters. The van der Waals surface area contributed by atoms with Crippen molar-refractivity contribution in [1.29, 1.82) is 0 Å². The zero-order valence-corrected chi connectivity index (χ0v) is 12.7. The molecule has 1 aromatic carbocycles. The monoisotopic (exact) mass is 314 g/mol. The highest BCUT2D eigenvalue weighted by Crippen LogP contribution is 2.30. The van der Waals surface area contributed by atoms with Gasteiger partial charge < -0.3 is 4.57 Å². The first-order chi connectivity index (χ1) is 9.87. The van der Waals surface area contributed by atoms with Gasteiger partial charge in [-0.05, 0) is 11.5 Å². The van der Waals surface area contributed by atoms with Gasteiger partial charge in [0.25, 0.3) is 0 Å². The van der Waals surface area contributed by atoms with E-state index in [1.807, 2.05) is 19.9 Å². The first-order valence-electron chi connectivity index (χ1n) is 6.67. The first-order valence-corrected chi connectivity index (χ1v) is 7.66. The summed E-state index contributed by atoms with van der Waals surface area (Å²) in [7, 11) is 0. The van der Waals surface area contributed by atoms with E-state index < -0.39 is 12.7 Å². The van der Waals surface area contributed by atoms with Gasteiger partial charge in [-0.1, -0.05) is 55.9 Å². The van der Waals surface area contributed by atoms with Crippen LogP contribution in [0.25, 0.3) is 11.3 Å². The molecule has 1 heterocycles. The molecule has 0 saturated carbocycles. The third kappa shape index (κ3) is 4.52. The molecule has 0 saturated heterocycles. The van der Waals surface area contributed by atoms with Crippen molar-refractivity contribution in [2.45, 2.75) is 31.7 Å². The van der Waals surface area contributed by atoms with Crippen LogP contribution in [0.5, 0.6) is 0 Å². The van der Waals surface area contributed by atoms with Crippen LogP contribution in [0.4, 0.5) is 13.2 Å². The average Bonchev–Trinajstić information content (AvgIpc) is 2.78. The highest BCUT2D eigenvalue weighted by Gasteiger charge is 2.30. The molecule has 2 aromatic rings. The Bertz CT molecular complexity index is 576. The van der Waals surface area contributed by atoms with Crippen LogP contribution >= 0.6 is 11.8 Å². The van der Waals surface area contributed by atoms with Gasteiger partial charge in [-0.15, -0.1) is 0 Å². The molecule has 0 radical (unpaired) electrons. The lowest BCUT2D eigenvalue weighted by molar-refractivity contribution is -0.141. The predicted octanol–water partition coefficient (Wildman–Crippen LogP) is 4.86. The molecule has 0 fully saturated rings. The number of halogens is 3. The minimum Gasteiger partial charge on any atom is -0.310 e. The topological polar surface area (TPSA) is 17.8 Å². The highest BCUT2D eigenvalue weighted by molar-refractivity contribution is 7.99. The summed E-state index contributed by atoms with van der Waals surface area (Å²) in [6, 6.07) is 9.03. The van der Waals surface area contributed by atoms with Crippen molar-refractivity contribution < 1.29 is 13.2 Å². The normalized spacial score (nSPS) is 12.1.